The van der Waals surface area contributed by atoms with E-state index < -0.39 is 28.3 Å². The third kappa shape index (κ3) is 2.55. The molecule has 0 amide bonds. The Morgan fingerprint density at radius 3 is 2.92 bits per heavy atom. The van der Waals surface area contributed by atoms with Crippen molar-refractivity contribution in [1.82, 2.24) is 0 Å². The van der Waals surface area contributed by atoms with Crippen LogP contribution in [0.1, 0.15) is 60.1 Å². The van der Waals surface area contributed by atoms with Crippen LogP contribution in [0.3, 0.4) is 0 Å². The van der Waals surface area contributed by atoms with Crippen LogP contribution in [0.2, 0.25) is 0 Å². The van der Waals surface area contributed by atoms with Crippen molar-refractivity contribution in [1.29, 1.82) is 0 Å². The Bertz CT molecular complexity index is 889. The highest BCUT2D eigenvalue weighted by atomic mass is 32.3. The predicted octanol–water partition coefficient (Wildman–Crippen LogP) is 3.44. The van der Waals surface area contributed by atoms with Gasteiger partial charge >= 0.3 is 10.4 Å². The maximum Gasteiger partial charge on any atom is 0.397 e. The van der Waals surface area contributed by atoms with Crippen LogP contribution in [0.15, 0.2) is 18.2 Å². The van der Waals surface area contributed by atoms with Gasteiger partial charge in [-0.05, 0) is 84.9 Å². The molecule has 5 atom stereocenters. The number of fused-ring (bicyclic) bond motifs is 5. The van der Waals surface area contributed by atoms with Gasteiger partial charge in [0, 0.05) is 2.74 Å². The lowest BCUT2D eigenvalue weighted by Gasteiger charge is -2.50. The minimum Gasteiger partial charge on any atom is -0.508 e. The van der Waals surface area contributed by atoms with Crippen molar-refractivity contribution in [3.8, 4) is 5.75 Å². The predicted molar refractivity (Wildman–Crippen MR) is 89.1 cm³/mol. The molecular formula is C18H24O5S. The SMILES string of the molecule is [2H]C1([2H])C[C@H]2[C@@H]3CCc4cc(O)ccc4[C@H]3CC[C@]2(C)[C@@]1([2H])OS(=O)(=O)O. The third-order valence-corrected chi connectivity index (χ3v) is 6.67. The number of phenols is 1. The molecule has 132 valence electrons. The van der Waals surface area contributed by atoms with Crippen LogP contribution < -0.4 is 0 Å². The van der Waals surface area contributed by atoms with Gasteiger partial charge in [0.2, 0.25) is 0 Å². The van der Waals surface area contributed by atoms with Crippen LogP contribution in [0.4, 0.5) is 0 Å². The maximum atomic E-state index is 11.4. The minimum absolute atomic E-state index is 0.0249. The van der Waals surface area contributed by atoms with Crippen molar-refractivity contribution in [2.45, 2.75) is 57.4 Å². The van der Waals surface area contributed by atoms with E-state index in [1.54, 1.807) is 19.1 Å². The van der Waals surface area contributed by atoms with E-state index in [9.17, 15) is 18.1 Å². The molecule has 4 rings (SSSR count). The molecule has 6 heteroatoms. The molecule has 1 aromatic rings. The standard InChI is InChI=1S/C18H24O5S/c1-18-9-8-14-13-5-3-12(19)10-11(13)2-4-15(14)16(18)6-7-17(18)23-24(20,21)22/h3,5,10,14-17,19H,2,4,6-9H2,1H3,(H,20,21,22)/t14-,15-,16+,17+,18+/m1/s1/i7D2,17D. The lowest BCUT2D eigenvalue weighted by atomic mass is 9.55. The third-order valence-electron chi connectivity index (χ3n) is 6.29. The monoisotopic (exact) mass is 355 g/mol. The molecule has 0 unspecified atom stereocenters. The summed E-state index contributed by atoms with van der Waals surface area (Å²) in [7, 11) is -4.96. The molecule has 0 aromatic heterocycles. The Balaban J connectivity index is 1.75. The zero-order valence-electron chi connectivity index (χ0n) is 16.5. The van der Waals surface area contributed by atoms with E-state index >= 15 is 0 Å². The molecule has 0 aliphatic heterocycles. The molecule has 2 N–H and O–H groups in total. The smallest absolute Gasteiger partial charge is 0.397 e. The average Bonchev–Trinajstić information content (AvgIpc) is 2.69. The summed E-state index contributed by atoms with van der Waals surface area (Å²) in [6, 6.07) is 5.37. The van der Waals surface area contributed by atoms with Crippen LogP contribution in [0.25, 0.3) is 0 Å². The molecular weight excluding hydrogens is 328 g/mol. The number of rotatable bonds is 2. The second-order valence-corrected chi connectivity index (χ2v) is 8.50. The largest absolute Gasteiger partial charge is 0.508 e. The summed E-state index contributed by atoms with van der Waals surface area (Å²) in [5.41, 5.74) is 1.24. The summed E-state index contributed by atoms with van der Waals surface area (Å²) in [5.74, 6) is 0.300. The zero-order chi connectivity index (χ0) is 19.8. The minimum atomic E-state index is -4.96. The maximum absolute atomic E-state index is 11.4. The van der Waals surface area contributed by atoms with Gasteiger partial charge in [-0.25, -0.2) is 4.18 Å². The van der Waals surface area contributed by atoms with Crippen LogP contribution in [-0.2, 0) is 21.0 Å². The summed E-state index contributed by atoms with van der Waals surface area (Å²) in [6.45, 7) is 1.73. The number of phenolic OH excluding ortho intramolecular Hbond substituents is 1. The summed E-state index contributed by atoms with van der Waals surface area (Å²) in [5, 5.41) is 9.75. The highest BCUT2D eigenvalue weighted by Crippen LogP contribution is 2.61. The summed E-state index contributed by atoms with van der Waals surface area (Å²) < 4.78 is 62.1. The van der Waals surface area contributed by atoms with Crippen LogP contribution in [-0.4, -0.2) is 24.2 Å². The van der Waals surface area contributed by atoms with E-state index in [1.807, 2.05) is 6.07 Å². The van der Waals surface area contributed by atoms with Crippen molar-refractivity contribution in [3.63, 3.8) is 0 Å². The van der Waals surface area contributed by atoms with Gasteiger partial charge in [0.25, 0.3) is 0 Å². The molecule has 24 heavy (non-hydrogen) atoms. The van der Waals surface area contributed by atoms with Gasteiger partial charge in [0.1, 0.15) is 5.75 Å². The molecule has 3 aliphatic rings. The van der Waals surface area contributed by atoms with E-state index in [-0.39, 0.29) is 29.9 Å². The molecule has 3 aliphatic carbocycles. The normalized spacial score (nSPS) is 45.2. The summed E-state index contributed by atoms with van der Waals surface area (Å²) >= 11 is 0. The molecule has 2 saturated carbocycles. The van der Waals surface area contributed by atoms with Gasteiger partial charge in [-0.3, -0.25) is 4.55 Å². The molecule has 0 radical (unpaired) electrons. The van der Waals surface area contributed by atoms with Crippen molar-refractivity contribution in [2.75, 3.05) is 0 Å². The molecule has 0 heterocycles. The number of aryl methyl sites for hydroxylation is 1. The van der Waals surface area contributed by atoms with Gasteiger partial charge in [-0.15, -0.1) is 0 Å². The molecule has 5 nitrogen and oxygen atoms in total. The van der Waals surface area contributed by atoms with Gasteiger partial charge in [-0.1, -0.05) is 13.0 Å². The number of hydrogen-bond acceptors (Lipinski definition) is 4. The quantitative estimate of drug-likeness (QED) is 0.794. The first kappa shape index (κ1) is 13.1. The van der Waals surface area contributed by atoms with E-state index in [0.717, 1.165) is 24.0 Å². The summed E-state index contributed by atoms with van der Waals surface area (Å²) in [4.78, 5) is 0. The zero-order valence-corrected chi connectivity index (χ0v) is 14.3. The first-order chi connectivity index (χ1) is 12.4. The van der Waals surface area contributed by atoms with Gasteiger partial charge in [0.15, 0.2) is 0 Å². The van der Waals surface area contributed by atoms with E-state index in [1.165, 1.54) is 0 Å². The van der Waals surface area contributed by atoms with Gasteiger partial charge < -0.3 is 5.11 Å². The molecule has 0 spiro atoms. The molecule has 2 fully saturated rings. The Hall–Kier alpha value is -1.11. The Morgan fingerprint density at radius 1 is 1.38 bits per heavy atom. The molecule has 0 bridgehead atoms. The molecule has 1 aromatic carbocycles. The van der Waals surface area contributed by atoms with Gasteiger partial charge in [-0.2, -0.15) is 8.42 Å². The Labute approximate surface area is 147 Å². The van der Waals surface area contributed by atoms with Gasteiger partial charge in [0.05, 0.1) is 7.45 Å². The second-order valence-electron chi connectivity index (χ2n) is 7.48. The highest BCUT2D eigenvalue weighted by Gasteiger charge is 2.56. The number of benzene rings is 1. The van der Waals surface area contributed by atoms with Crippen LogP contribution in [0, 0.1) is 17.3 Å². The lowest BCUT2D eigenvalue weighted by molar-refractivity contribution is -0.0121. The molecule has 0 saturated heterocycles. The van der Waals surface area contributed by atoms with Crippen LogP contribution in [0.5, 0.6) is 5.75 Å². The van der Waals surface area contributed by atoms with Crippen LogP contribution >= 0.6 is 0 Å². The fourth-order valence-corrected chi connectivity index (χ4v) is 5.64. The fraction of sp³-hybridized carbons (Fsp3) is 0.667. The number of aromatic hydroxyl groups is 1. The van der Waals surface area contributed by atoms with Crippen molar-refractivity contribution in [3.05, 3.63) is 29.3 Å². The highest BCUT2D eigenvalue weighted by molar-refractivity contribution is 7.80. The van der Waals surface area contributed by atoms with E-state index in [4.69, 9.17) is 8.30 Å². The average molecular weight is 355 g/mol. The van der Waals surface area contributed by atoms with Crippen molar-refractivity contribution >= 4 is 10.4 Å². The van der Waals surface area contributed by atoms with Crippen molar-refractivity contribution in [2.24, 2.45) is 17.3 Å². The number of hydrogen-bond donors (Lipinski definition) is 2. The fourth-order valence-electron chi connectivity index (χ4n) is 5.18. The van der Waals surface area contributed by atoms with E-state index in [2.05, 4.69) is 0 Å². The first-order valence-electron chi connectivity index (χ1n) is 9.88. The Kier molecular flexibility index (Phi) is 2.98. The first-order valence-corrected chi connectivity index (χ1v) is 9.74. The summed E-state index contributed by atoms with van der Waals surface area (Å²) in [6.07, 6.45) is -1.88. The van der Waals surface area contributed by atoms with E-state index in [0.29, 0.717) is 12.8 Å². The topological polar surface area (TPSA) is 83.8 Å². The Morgan fingerprint density at radius 2 is 2.17 bits per heavy atom. The van der Waals surface area contributed by atoms with Crippen molar-refractivity contribution < 1.29 is 26.4 Å². The second kappa shape index (κ2) is 5.44. The lowest BCUT2D eigenvalue weighted by Crippen LogP contribution is -2.45.